The number of rotatable bonds is 9. The zero-order chi connectivity index (χ0) is 19.9. The maximum Gasteiger partial charge on any atom is 0.335 e. The molecule has 0 aliphatic carbocycles. The van der Waals surface area contributed by atoms with Crippen LogP contribution in [-0.4, -0.2) is 30.3 Å². The number of carboxylic acids is 1. The standard InChI is InChI=1S/C22H22O6/c1-2-26-21(23)5-3-4-12-27-18-9-6-15(7-10-18)20-14-17-13-16(22(24)25)8-11-19(17)28-20/h6-11,13-14H,2-5,12H2,1H3,(H,24,25). The van der Waals surface area contributed by atoms with Gasteiger partial charge in [-0.1, -0.05) is 0 Å². The van der Waals surface area contributed by atoms with Gasteiger partial charge in [-0.25, -0.2) is 4.79 Å². The van der Waals surface area contributed by atoms with Crippen molar-refractivity contribution in [3.63, 3.8) is 0 Å². The first kappa shape index (κ1) is 19.5. The molecule has 146 valence electrons. The van der Waals surface area contributed by atoms with Gasteiger partial charge in [-0.3, -0.25) is 4.79 Å². The van der Waals surface area contributed by atoms with Crippen molar-refractivity contribution in [2.75, 3.05) is 13.2 Å². The number of esters is 1. The van der Waals surface area contributed by atoms with Crippen molar-refractivity contribution in [2.24, 2.45) is 0 Å². The summed E-state index contributed by atoms with van der Waals surface area (Å²) in [5.41, 5.74) is 1.75. The van der Waals surface area contributed by atoms with Gasteiger partial charge in [-0.05, 0) is 68.3 Å². The quantitative estimate of drug-likeness (QED) is 0.418. The highest BCUT2D eigenvalue weighted by Crippen LogP contribution is 2.29. The Morgan fingerprint density at radius 3 is 2.54 bits per heavy atom. The van der Waals surface area contributed by atoms with Crippen molar-refractivity contribution in [2.45, 2.75) is 26.2 Å². The Bertz CT molecular complexity index is 955. The number of ether oxygens (including phenoxy) is 2. The van der Waals surface area contributed by atoms with Gasteiger partial charge in [0.2, 0.25) is 0 Å². The highest BCUT2D eigenvalue weighted by molar-refractivity contribution is 5.94. The van der Waals surface area contributed by atoms with Crippen LogP contribution in [0.25, 0.3) is 22.3 Å². The number of carbonyl (C=O) groups excluding carboxylic acids is 1. The van der Waals surface area contributed by atoms with Gasteiger partial charge in [-0.15, -0.1) is 0 Å². The Balaban J connectivity index is 1.56. The molecule has 28 heavy (non-hydrogen) atoms. The lowest BCUT2D eigenvalue weighted by Gasteiger charge is -2.06. The predicted octanol–water partition coefficient (Wildman–Crippen LogP) is 4.91. The van der Waals surface area contributed by atoms with Gasteiger partial charge in [0.05, 0.1) is 18.8 Å². The summed E-state index contributed by atoms with van der Waals surface area (Å²) in [5.74, 6) is 0.268. The van der Waals surface area contributed by atoms with Crippen LogP contribution < -0.4 is 4.74 Å². The van der Waals surface area contributed by atoms with Crippen LogP contribution in [0.3, 0.4) is 0 Å². The van der Waals surface area contributed by atoms with E-state index in [0.717, 1.165) is 29.5 Å². The van der Waals surface area contributed by atoms with Crippen LogP contribution in [0, 0.1) is 0 Å². The van der Waals surface area contributed by atoms with E-state index in [1.165, 1.54) is 6.07 Å². The third kappa shape index (κ3) is 4.91. The largest absolute Gasteiger partial charge is 0.494 e. The first-order chi connectivity index (χ1) is 13.6. The van der Waals surface area contributed by atoms with Crippen LogP contribution in [-0.2, 0) is 9.53 Å². The van der Waals surface area contributed by atoms with Crippen molar-refractivity contribution in [3.8, 4) is 17.1 Å². The number of aromatic carboxylic acids is 1. The average Bonchev–Trinajstić information content (AvgIpc) is 3.11. The van der Waals surface area contributed by atoms with E-state index in [0.29, 0.717) is 31.0 Å². The second kappa shape index (κ2) is 9.08. The van der Waals surface area contributed by atoms with Crippen molar-refractivity contribution < 1.29 is 28.6 Å². The molecule has 0 aliphatic heterocycles. The molecule has 6 nitrogen and oxygen atoms in total. The zero-order valence-corrected chi connectivity index (χ0v) is 15.6. The van der Waals surface area contributed by atoms with Gasteiger partial charge in [0, 0.05) is 17.4 Å². The molecule has 0 aliphatic rings. The summed E-state index contributed by atoms with van der Waals surface area (Å²) in [4.78, 5) is 22.3. The number of unbranched alkanes of at least 4 members (excludes halogenated alkanes) is 1. The minimum Gasteiger partial charge on any atom is -0.494 e. The molecule has 0 unspecified atom stereocenters. The second-order valence-corrected chi connectivity index (χ2v) is 6.30. The molecule has 2 aromatic carbocycles. The van der Waals surface area contributed by atoms with Crippen LogP contribution in [0.1, 0.15) is 36.5 Å². The summed E-state index contributed by atoms with van der Waals surface area (Å²) in [5, 5.41) is 9.83. The highest BCUT2D eigenvalue weighted by atomic mass is 16.5. The Kier molecular flexibility index (Phi) is 6.32. The van der Waals surface area contributed by atoms with Gasteiger partial charge in [0.25, 0.3) is 0 Å². The topological polar surface area (TPSA) is 86.0 Å². The minimum atomic E-state index is -0.964. The molecule has 3 rings (SSSR count). The molecular weight excluding hydrogens is 360 g/mol. The normalized spacial score (nSPS) is 10.8. The maximum absolute atomic E-state index is 11.3. The number of carbonyl (C=O) groups is 2. The SMILES string of the molecule is CCOC(=O)CCCCOc1ccc(-c2cc3cc(C(=O)O)ccc3o2)cc1. The maximum atomic E-state index is 11.3. The van der Waals surface area contributed by atoms with Gasteiger partial charge in [-0.2, -0.15) is 0 Å². The fourth-order valence-corrected chi connectivity index (χ4v) is 2.83. The Morgan fingerprint density at radius 2 is 1.82 bits per heavy atom. The number of benzene rings is 2. The van der Waals surface area contributed by atoms with Crippen molar-refractivity contribution in [3.05, 3.63) is 54.1 Å². The smallest absolute Gasteiger partial charge is 0.335 e. The monoisotopic (exact) mass is 382 g/mol. The molecule has 0 bridgehead atoms. The van der Waals surface area contributed by atoms with Crippen LogP contribution in [0.5, 0.6) is 5.75 Å². The van der Waals surface area contributed by atoms with E-state index in [1.807, 2.05) is 30.3 Å². The number of hydrogen-bond donors (Lipinski definition) is 1. The number of fused-ring (bicyclic) bond motifs is 1. The zero-order valence-electron chi connectivity index (χ0n) is 15.6. The summed E-state index contributed by atoms with van der Waals surface area (Å²) >= 11 is 0. The molecule has 0 atom stereocenters. The van der Waals surface area contributed by atoms with E-state index >= 15 is 0 Å². The van der Waals surface area contributed by atoms with Crippen LogP contribution in [0.4, 0.5) is 0 Å². The average molecular weight is 382 g/mol. The van der Waals surface area contributed by atoms with Crippen LogP contribution in [0.15, 0.2) is 52.9 Å². The molecule has 0 saturated carbocycles. The molecular formula is C22H22O6. The lowest BCUT2D eigenvalue weighted by Crippen LogP contribution is -2.05. The van der Waals surface area contributed by atoms with Gasteiger partial charge in [0.1, 0.15) is 17.1 Å². The molecule has 6 heteroatoms. The second-order valence-electron chi connectivity index (χ2n) is 6.30. The molecule has 0 spiro atoms. The molecule has 0 fully saturated rings. The molecule has 1 N–H and O–H groups in total. The molecule has 1 aromatic heterocycles. The summed E-state index contributed by atoms with van der Waals surface area (Å²) in [6, 6.07) is 14.1. The number of carboxylic acid groups (broad SMARTS) is 1. The first-order valence-electron chi connectivity index (χ1n) is 9.22. The Hall–Kier alpha value is -3.28. The molecule has 0 radical (unpaired) electrons. The fraction of sp³-hybridized carbons (Fsp3) is 0.273. The van der Waals surface area contributed by atoms with E-state index < -0.39 is 5.97 Å². The lowest BCUT2D eigenvalue weighted by molar-refractivity contribution is -0.143. The molecule has 0 amide bonds. The van der Waals surface area contributed by atoms with Gasteiger partial charge >= 0.3 is 11.9 Å². The Labute approximate surface area is 162 Å². The highest BCUT2D eigenvalue weighted by Gasteiger charge is 2.10. The summed E-state index contributed by atoms with van der Waals surface area (Å²) < 4.78 is 16.4. The van der Waals surface area contributed by atoms with E-state index in [-0.39, 0.29) is 11.5 Å². The van der Waals surface area contributed by atoms with Crippen molar-refractivity contribution in [1.82, 2.24) is 0 Å². The summed E-state index contributed by atoms with van der Waals surface area (Å²) in [6.07, 6.45) is 1.91. The van der Waals surface area contributed by atoms with Crippen molar-refractivity contribution >= 4 is 22.9 Å². The molecule has 0 saturated heterocycles. The molecule has 1 heterocycles. The lowest BCUT2D eigenvalue weighted by atomic mass is 10.1. The predicted molar refractivity (Wildman–Crippen MR) is 105 cm³/mol. The van der Waals surface area contributed by atoms with E-state index in [9.17, 15) is 9.59 Å². The van der Waals surface area contributed by atoms with Gasteiger partial charge < -0.3 is 19.0 Å². The third-order valence-electron chi connectivity index (χ3n) is 4.25. The van der Waals surface area contributed by atoms with E-state index in [1.54, 1.807) is 19.1 Å². The Morgan fingerprint density at radius 1 is 1.04 bits per heavy atom. The molecule has 3 aromatic rings. The number of hydrogen-bond acceptors (Lipinski definition) is 5. The van der Waals surface area contributed by atoms with E-state index in [4.69, 9.17) is 19.0 Å². The van der Waals surface area contributed by atoms with Gasteiger partial charge in [0.15, 0.2) is 0 Å². The van der Waals surface area contributed by atoms with Crippen LogP contribution >= 0.6 is 0 Å². The first-order valence-corrected chi connectivity index (χ1v) is 9.22. The third-order valence-corrected chi connectivity index (χ3v) is 4.25. The fourth-order valence-electron chi connectivity index (χ4n) is 2.83. The minimum absolute atomic E-state index is 0.173. The summed E-state index contributed by atoms with van der Waals surface area (Å²) in [7, 11) is 0. The van der Waals surface area contributed by atoms with E-state index in [2.05, 4.69) is 0 Å². The van der Waals surface area contributed by atoms with Crippen molar-refractivity contribution in [1.29, 1.82) is 0 Å². The van der Waals surface area contributed by atoms with Crippen LogP contribution in [0.2, 0.25) is 0 Å². The summed E-state index contributed by atoms with van der Waals surface area (Å²) in [6.45, 7) is 2.73. The number of furan rings is 1.